The smallest absolute Gasteiger partial charge is 0.124 e. The molecule has 0 spiro atoms. The van der Waals surface area contributed by atoms with Crippen molar-refractivity contribution in [1.82, 2.24) is 0 Å². The Labute approximate surface area is 109 Å². The minimum Gasteiger partial charge on any atom is -0.496 e. The van der Waals surface area contributed by atoms with Gasteiger partial charge in [0, 0.05) is 18.2 Å². The zero-order chi connectivity index (χ0) is 13.4. The summed E-state index contributed by atoms with van der Waals surface area (Å²) in [5.41, 5.74) is 7.97. The van der Waals surface area contributed by atoms with Crippen LogP contribution in [0.4, 0.5) is 0 Å². The molecule has 18 heavy (non-hydrogen) atoms. The van der Waals surface area contributed by atoms with Crippen LogP contribution < -0.4 is 10.5 Å². The summed E-state index contributed by atoms with van der Waals surface area (Å²) in [6.45, 7) is 6.35. The van der Waals surface area contributed by atoms with E-state index in [2.05, 4.69) is 0 Å². The van der Waals surface area contributed by atoms with E-state index in [0.717, 1.165) is 16.9 Å². The van der Waals surface area contributed by atoms with Gasteiger partial charge in [0.15, 0.2) is 0 Å². The first-order valence-electron chi connectivity index (χ1n) is 6.27. The zero-order valence-electron chi connectivity index (χ0n) is 11.4. The SMILES string of the molecule is CCOCCOCc1cc(C(C)N)ccc1OC. The lowest BCUT2D eigenvalue weighted by Crippen LogP contribution is -2.08. The number of hydrogen-bond acceptors (Lipinski definition) is 4. The highest BCUT2D eigenvalue weighted by molar-refractivity contribution is 5.37. The van der Waals surface area contributed by atoms with Crippen molar-refractivity contribution in [2.45, 2.75) is 26.5 Å². The van der Waals surface area contributed by atoms with Gasteiger partial charge in [-0.3, -0.25) is 0 Å². The van der Waals surface area contributed by atoms with Gasteiger partial charge in [0.25, 0.3) is 0 Å². The predicted octanol–water partition coefficient (Wildman–Crippen LogP) is 2.27. The lowest BCUT2D eigenvalue weighted by molar-refractivity contribution is 0.0446. The van der Waals surface area contributed by atoms with Gasteiger partial charge in [-0.05, 0) is 31.5 Å². The molecule has 0 saturated carbocycles. The fourth-order valence-electron chi connectivity index (χ4n) is 1.64. The van der Waals surface area contributed by atoms with Gasteiger partial charge in [0.1, 0.15) is 5.75 Å². The fraction of sp³-hybridized carbons (Fsp3) is 0.571. The van der Waals surface area contributed by atoms with Crippen LogP contribution in [0, 0.1) is 0 Å². The van der Waals surface area contributed by atoms with E-state index >= 15 is 0 Å². The summed E-state index contributed by atoms with van der Waals surface area (Å²) in [7, 11) is 1.66. The minimum absolute atomic E-state index is 0.0121. The normalized spacial score (nSPS) is 12.4. The highest BCUT2D eigenvalue weighted by Crippen LogP contribution is 2.23. The van der Waals surface area contributed by atoms with Gasteiger partial charge in [0.2, 0.25) is 0 Å². The number of benzene rings is 1. The largest absolute Gasteiger partial charge is 0.496 e. The summed E-state index contributed by atoms with van der Waals surface area (Å²) >= 11 is 0. The number of hydrogen-bond donors (Lipinski definition) is 1. The molecule has 0 bridgehead atoms. The molecule has 0 aliphatic carbocycles. The standard InChI is InChI=1S/C14H23NO3/c1-4-17-7-8-18-10-13-9-12(11(2)15)5-6-14(13)16-3/h5-6,9,11H,4,7-8,10,15H2,1-3H3. The van der Waals surface area contributed by atoms with Crippen molar-refractivity contribution in [2.24, 2.45) is 5.73 Å². The first-order valence-corrected chi connectivity index (χ1v) is 6.27. The molecule has 1 aromatic rings. The maximum Gasteiger partial charge on any atom is 0.124 e. The molecular weight excluding hydrogens is 230 g/mol. The monoisotopic (exact) mass is 253 g/mol. The summed E-state index contributed by atoms with van der Waals surface area (Å²) < 4.78 is 16.1. The highest BCUT2D eigenvalue weighted by atomic mass is 16.5. The summed E-state index contributed by atoms with van der Waals surface area (Å²) in [4.78, 5) is 0. The Bertz CT molecular complexity index is 353. The van der Waals surface area contributed by atoms with Gasteiger partial charge in [-0.2, -0.15) is 0 Å². The summed E-state index contributed by atoms with van der Waals surface area (Å²) in [5, 5.41) is 0. The van der Waals surface area contributed by atoms with E-state index in [9.17, 15) is 0 Å². The second-order valence-electron chi connectivity index (χ2n) is 4.11. The average Bonchev–Trinajstić information content (AvgIpc) is 2.38. The molecule has 1 aromatic carbocycles. The third-order valence-electron chi connectivity index (χ3n) is 2.66. The lowest BCUT2D eigenvalue weighted by Gasteiger charge is -2.13. The zero-order valence-corrected chi connectivity index (χ0v) is 11.4. The molecule has 1 atom stereocenters. The van der Waals surface area contributed by atoms with Crippen LogP contribution in [0.25, 0.3) is 0 Å². The molecule has 102 valence electrons. The number of nitrogens with two attached hydrogens (primary N) is 1. The molecule has 4 heteroatoms. The fourth-order valence-corrected chi connectivity index (χ4v) is 1.64. The second kappa shape index (κ2) is 8.08. The molecule has 1 rings (SSSR count). The van der Waals surface area contributed by atoms with Crippen molar-refractivity contribution in [2.75, 3.05) is 26.9 Å². The Kier molecular flexibility index (Phi) is 6.72. The van der Waals surface area contributed by atoms with Crippen LogP contribution in [-0.4, -0.2) is 26.9 Å². The van der Waals surface area contributed by atoms with Crippen LogP contribution in [0.1, 0.15) is 31.0 Å². The number of methoxy groups -OCH3 is 1. The van der Waals surface area contributed by atoms with Crippen LogP contribution in [0.15, 0.2) is 18.2 Å². The molecular formula is C14H23NO3. The van der Waals surface area contributed by atoms with Crippen LogP contribution in [-0.2, 0) is 16.1 Å². The molecule has 0 aromatic heterocycles. The van der Waals surface area contributed by atoms with Gasteiger partial charge < -0.3 is 19.9 Å². The Morgan fingerprint density at radius 3 is 2.56 bits per heavy atom. The van der Waals surface area contributed by atoms with Crippen molar-refractivity contribution in [3.05, 3.63) is 29.3 Å². The first-order chi connectivity index (χ1) is 8.69. The van der Waals surface area contributed by atoms with E-state index in [0.29, 0.717) is 26.4 Å². The van der Waals surface area contributed by atoms with Gasteiger partial charge >= 0.3 is 0 Å². The third kappa shape index (κ3) is 4.64. The lowest BCUT2D eigenvalue weighted by atomic mass is 10.1. The Balaban J connectivity index is 2.58. The van der Waals surface area contributed by atoms with E-state index < -0.39 is 0 Å². The number of ether oxygens (including phenoxy) is 3. The van der Waals surface area contributed by atoms with Crippen LogP contribution >= 0.6 is 0 Å². The molecule has 1 unspecified atom stereocenters. The first kappa shape index (κ1) is 15.0. The topological polar surface area (TPSA) is 53.7 Å². The Hall–Kier alpha value is -1.10. The van der Waals surface area contributed by atoms with Crippen LogP contribution in [0.2, 0.25) is 0 Å². The molecule has 0 heterocycles. The molecule has 0 saturated heterocycles. The van der Waals surface area contributed by atoms with Crippen molar-refractivity contribution >= 4 is 0 Å². The summed E-state index contributed by atoms with van der Waals surface area (Å²) in [6.07, 6.45) is 0. The molecule has 2 N–H and O–H groups in total. The summed E-state index contributed by atoms with van der Waals surface area (Å²) in [6, 6.07) is 5.95. The third-order valence-corrected chi connectivity index (χ3v) is 2.66. The summed E-state index contributed by atoms with van der Waals surface area (Å²) in [5.74, 6) is 0.829. The van der Waals surface area contributed by atoms with Gasteiger partial charge in [-0.15, -0.1) is 0 Å². The molecule has 0 fully saturated rings. The van der Waals surface area contributed by atoms with Crippen LogP contribution in [0.5, 0.6) is 5.75 Å². The number of rotatable bonds is 8. The quantitative estimate of drug-likeness (QED) is 0.722. The van der Waals surface area contributed by atoms with Gasteiger partial charge in [-0.25, -0.2) is 0 Å². The average molecular weight is 253 g/mol. The van der Waals surface area contributed by atoms with E-state index in [4.69, 9.17) is 19.9 Å². The maximum atomic E-state index is 5.87. The van der Waals surface area contributed by atoms with E-state index in [-0.39, 0.29) is 6.04 Å². The van der Waals surface area contributed by atoms with Crippen molar-refractivity contribution in [1.29, 1.82) is 0 Å². The maximum absolute atomic E-state index is 5.87. The van der Waals surface area contributed by atoms with Crippen molar-refractivity contribution in [3.63, 3.8) is 0 Å². The predicted molar refractivity (Wildman–Crippen MR) is 71.7 cm³/mol. The second-order valence-corrected chi connectivity index (χ2v) is 4.11. The molecule has 0 radical (unpaired) electrons. The van der Waals surface area contributed by atoms with Crippen molar-refractivity contribution in [3.8, 4) is 5.75 Å². The Morgan fingerprint density at radius 2 is 1.94 bits per heavy atom. The van der Waals surface area contributed by atoms with E-state index in [1.165, 1.54) is 0 Å². The van der Waals surface area contributed by atoms with Crippen molar-refractivity contribution < 1.29 is 14.2 Å². The molecule has 0 amide bonds. The van der Waals surface area contributed by atoms with Crippen LogP contribution in [0.3, 0.4) is 0 Å². The molecule has 0 aliphatic rings. The Morgan fingerprint density at radius 1 is 1.22 bits per heavy atom. The molecule has 0 aliphatic heterocycles. The molecule has 4 nitrogen and oxygen atoms in total. The van der Waals surface area contributed by atoms with Gasteiger partial charge in [0.05, 0.1) is 26.9 Å². The van der Waals surface area contributed by atoms with Gasteiger partial charge in [-0.1, -0.05) is 6.07 Å². The minimum atomic E-state index is 0.0121. The highest BCUT2D eigenvalue weighted by Gasteiger charge is 2.07. The van der Waals surface area contributed by atoms with E-state index in [1.807, 2.05) is 32.0 Å². The van der Waals surface area contributed by atoms with E-state index in [1.54, 1.807) is 7.11 Å².